The molecule has 13 rings (SSSR count). The van der Waals surface area contributed by atoms with Crippen LogP contribution in [-0.4, -0.2) is 94.8 Å². The van der Waals surface area contributed by atoms with Crippen molar-refractivity contribution in [2.75, 3.05) is 13.2 Å². The predicted octanol–water partition coefficient (Wildman–Crippen LogP) is 14.8. The molecule has 8 aromatic rings. The third-order valence-corrected chi connectivity index (χ3v) is 20.1. The molecule has 0 bridgehead atoms. The Labute approximate surface area is 529 Å². The number of rotatable bonds is 18. The molecule has 464 valence electrons. The van der Waals surface area contributed by atoms with E-state index in [1.54, 1.807) is 30.5 Å². The zero-order chi connectivity index (χ0) is 63.2. The fourth-order valence-electron chi connectivity index (χ4n) is 14.2. The summed E-state index contributed by atoms with van der Waals surface area (Å²) in [4.78, 5) is 57.9. The van der Waals surface area contributed by atoms with Gasteiger partial charge in [-0.2, -0.15) is 10.2 Å². The van der Waals surface area contributed by atoms with Crippen LogP contribution in [0, 0.1) is 34.5 Å². The van der Waals surface area contributed by atoms with Crippen LogP contribution >= 0.6 is 23.2 Å². The van der Waals surface area contributed by atoms with E-state index in [2.05, 4.69) is 80.9 Å². The van der Waals surface area contributed by atoms with Gasteiger partial charge in [0, 0.05) is 52.4 Å². The van der Waals surface area contributed by atoms with Crippen LogP contribution in [0.25, 0.3) is 33.1 Å². The van der Waals surface area contributed by atoms with E-state index in [1.807, 2.05) is 96.1 Å². The highest BCUT2D eigenvalue weighted by molar-refractivity contribution is 6.62. The molecule has 2 unspecified atom stereocenters. The summed E-state index contributed by atoms with van der Waals surface area (Å²) in [6, 6.07) is 36.7. The molecular weight excluding hydrogens is 1170 g/mol. The minimum Gasteiger partial charge on any atom is -0.481 e. The highest BCUT2D eigenvalue weighted by Crippen LogP contribution is 2.63. The zero-order valence-electron chi connectivity index (χ0n) is 51.8. The molecule has 89 heavy (non-hydrogen) atoms. The van der Waals surface area contributed by atoms with Crippen LogP contribution in [-0.2, 0) is 18.9 Å². The Kier molecular flexibility index (Phi) is 18.1. The van der Waals surface area contributed by atoms with Gasteiger partial charge in [-0.05, 0) is 176 Å². The summed E-state index contributed by atoms with van der Waals surface area (Å²) in [5, 5.41) is 30.5. The average Bonchev–Trinajstić information content (AvgIpc) is 1.77. The highest BCUT2D eigenvalue weighted by Gasteiger charge is 2.56. The molecule has 19 heteroatoms. The predicted molar refractivity (Wildman–Crippen MR) is 344 cm³/mol. The molecule has 4 aromatic heterocycles. The van der Waals surface area contributed by atoms with Crippen LogP contribution in [0.15, 0.2) is 128 Å². The molecule has 4 saturated carbocycles. The quantitative estimate of drug-likeness (QED) is 0.0466. The number of ether oxygens (including phenoxy) is 2. The van der Waals surface area contributed by atoms with Gasteiger partial charge in [0.15, 0.2) is 11.6 Å². The number of nitrogens with zero attached hydrogens (tertiary/aromatic N) is 6. The third kappa shape index (κ3) is 13.1. The number of Topliss-reactive ketones (excluding diaryl/α,β-unsaturated/α-hetero) is 2. The number of carboxylic acid groups (broad SMARTS) is 2. The molecule has 4 aliphatic carbocycles. The second-order valence-corrected chi connectivity index (χ2v) is 27.0. The van der Waals surface area contributed by atoms with Crippen molar-refractivity contribution >= 4 is 81.1 Å². The number of halogens is 2. The van der Waals surface area contributed by atoms with E-state index in [9.17, 15) is 29.4 Å². The highest BCUT2D eigenvalue weighted by atomic mass is 35.5. The van der Waals surface area contributed by atoms with Crippen LogP contribution < -0.4 is 14.9 Å². The lowest BCUT2D eigenvalue weighted by Gasteiger charge is -2.56. The van der Waals surface area contributed by atoms with Gasteiger partial charge in [0.05, 0.1) is 82.5 Å². The Hall–Kier alpha value is -7.44. The molecule has 1 saturated heterocycles. The van der Waals surface area contributed by atoms with E-state index >= 15 is 0 Å². The van der Waals surface area contributed by atoms with E-state index in [1.165, 1.54) is 0 Å². The maximum atomic E-state index is 13.6. The standard InChI is InChI=1S/C32H32ClN3O4.C31H37BN2O5.C7H8ClNO/c1-3-40-29-6-4-5-27(35-29)22-9-7-21(8-10-22)19(2)36-30-24(11-12-26(33)25(30)18-34-36)28(37)13-20-14-32(15-20)16-23(17-32)31(38)39;1-19(21-9-11-24(12-10-21)32-38-29(2,3)30(4,5)39-32)34-27-22(18-33-34)7-6-8-25(27)26(35)13-20-14-31(15-20)16-23(17-31)28(36)37;1-2-10-7-5-3-4-6(8)9-7/h4-12,18-20,23H,3,13-17H2,1-2H3,(H,38,39);6-12,18-20,23H,13-17H2,1-5H3,(H,36,37);3-5H,2H2,1H3. The Morgan fingerprint density at radius 1 is 0.596 bits per heavy atom. The molecule has 5 fully saturated rings. The number of fused-ring (bicyclic) bond motifs is 2. The number of ketones is 2. The molecule has 5 heterocycles. The number of carboxylic acids is 2. The summed E-state index contributed by atoms with van der Waals surface area (Å²) in [6.07, 6.45) is 11.3. The van der Waals surface area contributed by atoms with Crippen LogP contribution in [0.2, 0.25) is 10.2 Å². The Balaban J connectivity index is 0.000000159. The van der Waals surface area contributed by atoms with E-state index < -0.39 is 19.1 Å². The largest absolute Gasteiger partial charge is 0.494 e. The first-order chi connectivity index (χ1) is 42.5. The second kappa shape index (κ2) is 25.4. The average molecular weight is 1240 g/mol. The molecule has 2 N–H and O–H groups in total. The summed E-state index contributed by atoms with van der Waals surface area (Å²) < 4.78 is 26.9. The first-order valence-corrected chi connectivity index (χ1v) is 31.8. The zero-order valence-corrected chi connectivity index (χ0v) is 53.3. The summed E-state index contributed by atoms with van der Waals surface area (Å²) in [5.41, 5.74) is 7.44. The number of hydrogen-bond donors (Lipinski definition) is 2. The van der Waals surface area contributed by atoms with Gasteiger partial charge in [-0.25, -0.2) is 9.97 Å². The van der Waals surface area contributed by atoms with Crippen molar-refractivity contribution in [3.05, 3.63) is 160 Å². The molecule has 0 amide bonds. The molecule has 2 spiro atoms. The molecule has 0 radical (unpaired) electrons. The lowest BCUT2D eigenvalue weighted by atomic mass is 9.47. The van der Waals surface area contributed by atoms with Crippen LogP contribution in [0.3, 0.4) is 0 Å². The van der Waals surface area contributed by atoms with Crippen molar-refractivity contribution in [1.29, 1.82) is 0 Å². The Bertz CT molecular complexity index is 3900. The number of aromatic nitrogens is 6. The SMILES string of the molecule is CC(c1ccc(B2OC(C)(C)C(C)(C)O2)cc1)n1ncc2cccc(C(=O)CC3CC4(C3)CC(C(=O)O)C4)c21.CCOc1cccc(-c2ccc(C(C)n3ncc4c(Cl)ccc(C(=O)CC5CC6(C5)CC(C(=O)O)C6)c43)cc2)n1.CCOc1cccc(Cl)n1. The maximum absolute atomic E-state index is 13.6. The van der Waals surface area contributed by atoms with Crippen molar-refractivity contribution < 1.29 is 48.2 Å². The number of para-hydroxylation sites is 1. The van der Waals surface area contributed by atoms with Gasteiger partial charge in [-0.1, -0.05) is 96.0 Å². The smallest absolute Gasteiger partial charge is 0.481 e. The van der Waals surface area contributed by atoms with Crippen LogP contribution in [0.5, 0.6) is 11.8 Å². The van der Waals surface area contributed by atoms with E-state index in [0.717, 1.165) is 101 Å². The Morgan fingerprint density at radius 3 is 1.61 bits per heavy atom. The van der Waals surface area contributed by atoms with Gasteiger partial charge < -0.3 is 29.0 Å². The summed E-state index contributed by atoms with van der Waals surface area (Å²) >= 11 is 12.1. The van der Waals surface area contributed by atoms with E-state index in [-0.39, 0.29) is 57.5 Å². The van der Waals surface area contributed by atoms with Crippen molar-refractivity contribution in [1.82, 2.24) is 29.5 Å². The summed E-state index contributed by atoms with van der Waals surface area (Å²) in [6.45, 7) is 17.4. The van der Waals surface area contributed by atoms with E-state index in [0.29, 0.717) is 71.0 Å². The second-order valence-electron chi connectivity index (χ2n) is 26.2. The van der Waals surface area contributed by atoms with Crippen molar-refractivity contribution in [3.8, 4) is 23.0 Å². The molecular formula is C70H77BCl2N6O10. The summed E-state index contributed by atoms with van der Waals surface area (Å²) in [5.74, 6) is 0.239. The topological polar surface area (TPSA) is 207 Å². The fraction of sp³-hybridized carbons (Fsp3) is 0.429. The van der Waals surface area contributed by atoms with Gasteiger partial charge in [0.25, 0.3) is 0 Å². The first-order valence-electron chi connectivity index (χ1n) is 31.0. The van der Waals surface area contributed by atoms with Crippen LogP contribution in [0.4, 0.5) is 0 Å². The molecule has 2 atom stereocenters. The van der Waals surface area contributed by atoms with Gasteiger partial charge in [0.2, 0.25) is 11.8 Å². The number of hydrogen-bond acceptors (Lipinski definition) is 12. The van der Waals surface area contributed by atoms with Gasteiger partial charge in [0.1, 0.15) is 5.15 Å². The van der Waals surface area contributed by atoms with E-state index in [4.69, 9.17) is 47.1 Å². The van der Waals surface area contributed by atoms with Gasteiger partial charge >= 0.3 is 19.1 Å². The molecule has 1 aliphatic heterocycles. The van der Waals surface area contributed by atoms with Crippen LogP contribution in [0.1, 0.15) is 164 Å². The van der Waals surface area contributed by atoms with Gasteiger partial charge in [-0.3, -0.25) is 28.5 Å². The number of aliphatic carboxylic acids is 2. The number of pyridine rings is 2. The van der Waals surface area contributed by atoms with Crippen molar-refractivity contribution in [2.24, 2.45) is 34.5 Å². The van der Waals surface area contributed by atoms with Gasteiger partial charge in [-0.15, -0.1) is 0 Å². The van der Waals surface area contributed by atoms with Crippen molar-refractivity contribution in [3.63, 3.8) is 0 Å². The first kappa shape index (κ1) is 63.1. The lowest BCUT2D eigenvalue weighted by molar-refractivity contribution is -0.158. The molecule has 5 aliphatic rings. The molecule has 16 nitrogen and oxygen atoms in total. The number of carbonyl (C=O) groups excluding carboxylic acids is 2. The van der Waals surface area contributed by atoms with Crippen molar-refractivity contribution in [2.45, 2.75) is 143 Å². The summed E-state index contributed by atoms with van der Waals surface area (Å²) in [7, 11) is -0.408. The maximum Gasteiger partial charge on any atom is 0.494 e. The lowest BCUT2D eigenvalue weighted by Crippen LogP contribution is -2.50. The fourth-order valence-corrected chi connectivity index (χ4v) is 14.5. The minimum absolute atomic E-state index is 0.0707. The molecule has 4 aromatic carbocycles. The minimum atomic E-state index is -0.696. The third-order valence-electron chi connectivity index (χ3n) is 19.5. The Morgan fingerprint density at radius 2 is 1.08 bits per heavy atom. The number of benzene rings is 4. The normalized spacial score (nSPS) is 23.3. The monoisotopic (exact) mass is 1240 g/mol. The number of carbonyl (C=O) groups is 4.